The third-order valence-electron chi connectivity index (χ3n) is 0.118. The van der Waals surface area contributed by atoms with Crippen LogP contribution in [0.25, 0.3) is 0 Å². The van der Waals surface area contributed by atoms with Crippen LogP contribution in [0.1, 0.15) is 0 Å². The van der Waals surface area contributed by atoms with Crippen molar-refractivity contribution in [2.24, 2.45) is 0 Å². The van der Waals surface area contributed by atoms with Gasteiger partial charge in [0.15, 0.2) is 0 Å². The lowest BCUT2D eigenvalue weighted by Gasteiger charge is -1.48. The minimum atomic E-state index is -0.506. The van der Waals surface area contributed by atoms with Crippen LogP contribution in [-0.4, -0.2) is 15.4 Å². The predicted octanol–water partition coefficient (Wildman–Crippen LogP) is -0.863. The lowest BCUT2D eigenvalue weighted by Crippen LogP contribution is -1.77. The Bertz CT molecular complexity index is 20.0. The Morgan fingerprint density at radius 2 is 2.25 bits per heavy atom. The summed E-state index contributed by atoms with van der Waals surface area (Å²) >= 11 is 0. The van der Waals surface area contributed by atoms with Crippen molar-refractivity contribution in [2.45, 2.75) is 0 Å². The van der Waals surface area contributed by atoms with Gasteiger partial charge in [-0.05, 0) is 0 Å². The molecule has 0 aromatic carbocycles. The molecule has 0 fully saturated rings. The Morgan fingerprint density at radius 3 is 2.25 bits per heavy atom. The maximum absolute atomic E-state index is 9.17. The average molecular weight is 73.1 g/mol. The van der Waals surface area contributed by atoms with Gasteiger partial charge in [0, 0.05) is 0 Å². The zero-order valence-electron chi connectivity index (χ0n) is 2.40. The van der Waals surface area contributed by atoms with Crippen LogP contribution in [-0.2, 0) is 4.79 Å². The van der Waals surface area contributed by atoms with E-state index < -0.39 is 9.52 Å². The summed E-state index contributed by atoms with van der Waals surface area (Å²) < 4.78 is 0. The number of carbonyl (C=O) groups excluding carboxylic acids is 1. The van der Waals surface area contributed by atoms with Gasteiger partial charge in [0.25, 0.3) is 0 Å². The maximum atomic E-state index is 9.17. The lowest BCUT2D eigenvalue weighted by molar-refractivity contribution is 0.568. The fourth-order valence-corrected chi connectivity index (χ4v) is 0. The summed E-state index contributed by atoms with van der Waals surface area (Å²) in [6.07, 6.45) is 0. The van der Waals surface area contributed by atoms with E-state index in [0.29, 0.717) is 0 Å². The van der Waals surface area contributed by atoms with E-state index >= 15 is 0 Å². The molecule has 0 bridgehead atoms. The summed E-state index contributed by atoms with van der Waals surface area (Å²) in [5.74, 6) is 0.903. The minimum Gasteiger partial charge on any atom is -0.310 e. The fourth-order valence-electron chi connectivity index (χ4n) is 0. The second-order valence-electron chi connectivity index (χ2n) is 0.455. The molecule has 0 atom stereocenters. The third-order valence-corrected chi connectivity index (χ3v) is 0.354. The molecule has 0 aliphatic rings. The molecular formula is C2H5OSi. The fraction of sp³-hybridized carbons (Fsp3) is 0. The minimum absolute atomic E-state index is 0.506. The van der Waals surface area contributed by atoms with E-state index in [-0.39, 0.29) is 0 Å². The van der Waals surface area contributed by atoms with Crippen LogP contribution < -0.4 is 0 Å². The highest BCUT2D eigenvalue weighted by Gasteiger charge is 1.55. The molecule has 2 heteroatoms. The topological polar surface area (TPSA) is 17.1 Å². The monoisotopic (exact) mass is 73.0 g/mol. The molecule has 0 aliphatic heterocycles. The molecule has 0 heterocycles. The van der Waals surface area contributed by atoms with Gasteiger partial charge in [-0.3, -0.25) is 0 Å². The Morgan fingerprint density at radius 1 is 2.00 bits per heavy atom. The van der Waals surface area contributed by atoms with E-state index in [1.165, 1.54) is 0 Å². The number of rotatable bonds is 1. The molecule has 4 heavy (non-hydrogen) atoms. The summed E-state index contributed by atoms with van der Waals surface area (Å²) in [5.41, 5.74) is 0. The highest BCUT2D eigenvalue weighted by molar-refractivity contribution is 6.68. The van der Waals surface area contributed by atoms with E-state index in [0.717, 1.165) is 5.91 Å². The lowest BCUT2D eigenvalue weighted by atomic mass is 11.8. The predicted molar refractivity (Wildman–Crippen MR) is 20.7 cm³/mol. The van der Waals surface area contributed by atoms with Gasteiger partial charge in [-0.1, -0.05) is 6.55 Å². The van der Waals surface area contributed by atoms with Crippen LogP contribution in [0.2, 0.25) is 0 Å². The van der Waals surface area contributed by atoms with Crippen molar-refractivity contribution in [3.05, 3.63) is 6.55 Å². The van der Waals surface area contributed by atoms with Gasteiger partial charge >= 0.3 is 0 Å². The first kappa shape index (κ1) is 3.89. The molecule has 0 saturated heterocycles. The molecule has 0 N–H and O–H groups in total. The Kier molecular flexibility index (Phi) is 2.81. The first-order chi connectivity index (χ1) is 1.91. The van der Waals surface area contributed by atoms with Gasteiger partial charge in [0.1, 0.15) is 0 Å². The van der Waals surface area contributed by atoms with Crippen molar-refractivity contribution in [1.82, 2.24) is 0 Å². The molecular weight excluding hydrogens is 68.1 g/mol. The zero-order chi connectivity index (χ0) is 3.41. The molecule has 1 nitrogen and oxygen atoms in total. The number of hydrogen-bond acceptors (Lipinski definition) is 1. The summed E-state index contributed by atoms with van der Waals surface area (Å²) in [6.45, 7) is 3.38. The van der Waals surface area contributed by atoms with Crippen LogP contribution >= 0.6 is 0 Å². The van der Waals surface area contributed by atoms with Crippen molar-refractivity contribution in [3.63, 3.8) is 0 Å². The van der Waals surface area contributed by atoms with Gasteiger partial charge in [-0.2, -0.15) is 0 Å². The van der Waals surface area contributed by atoms with E-state index in [2.05, 4.69) is 6.55 Å². The molecule has 0 saturated carbocycles. The number of carbonyl (C=O) groups is 1. The molecule has 0 spiro atoms. The summed E-state index contributed by atoms with van der Waals surface area (Å²) in [5, 5.41) is 0. The molecule has 0 amide bonds. The standard InChI is InChI=1S/C2H5OSi/c1-4-2-3/h2H,1,4H2. The van der Waals surface area contributed by atoms with Gasteiger partial charge in [0.05, 0.1) is 15.4 Å². The molecule has 0 aromatic rings. The smallest absolute Gasteiger partial charge is 0.0963 e. The van der Waals surface area contributed by atoms with Crippen LogP contribution in [0.4, 0.5) is 0 Å². The van der Waals surface area contributed by atoms with Crippen molar-refractivity contribution >= 4 is 15.4 Å². The van der Waals surface area contributed by atoms with Gasteiger partial charge < -0.3 is 4.79 Å². The molecule has 0 aromatic heterocycles. The van der Waals surface area contributed by atoms with E-state index in [1.54, 1.807) is 0 Å². The Labute approximate surface area is 27.8 Å². The first-order valence-electron chi connectivity index (χ1n) is 1.14. The normalized spacial score (nSPS) is 9.25. The highest BCUT2D eigenvalue weighted by atomic mass is 28.2. The van der Waals surface area contributed by atoms with E-state index in [9.17, 15) is 4.79 Å². The molecule has 23 valence electrons. The Hall–Kier alpha value is -0.113. The maximum Gasteiger partial charge on any atom is 0.0963 e. The van der Waals surface area contributed by atoms with Crippen molar-refractivity contribution in [1.29, 1.82) is 0 Å². The SMILES string of the molecule is [CH2][SiH2]C=O. The van der Waals surface area contributed by atoms with Crippen molar-refractivity contribution in [3.8, 4) is 0 Å². The molecule has 0 rings (SSSR count). The molecule has 1 radical (unpaired) electrons. The average Bonchev–Trinajstić information content (AvgIpc) is 1.37. The van der Waals surface area contributed by atoms with Crippen LogP contribution in [0.15, 0.2) is 0 Å². The molecule has 0 unspecified atom stereocenters. The van der Waals surface area contributed by atoms with E-state index in [1.807, 2.05) is 0 Å². The second kappa shape index (κ2) is 2.89. The summed E-state index contributed by atoms with van der Waals surface area (Å²) in [6, 6.07) is 0. The second-order valence-corrected chi connectivity index (χ2v) is 1.37. The highest BCUT2D eigenvalue weighted by Crippen LogP contribution is 1.28. The summed E-state index contributed by atoms with van der Waals surface area (Å²) in [7, 11) is -0.506. The summed E-state index contributed by atoms with van der Waals surface area (Å²) in [4.78, 5) is 9.17. The van der Waals surface area contributed by atoms with Gasteiger partial charge in [-0.25, -0.2) is 0 Å². The van der Waals surface area contributed by atoms with Crippen LogP contribution in [0, 0.1) is 6.55 Å². The van der Waals surface area contributed by atoms with E-state index in [4.69, 9.17) is 0 Å². The first-order valence-corrected chi connectivity index (χ1v) is 2.96. The molecule has 0 aliphatic carbocycles. The van der Waals surface area contributed by atoms with Crippen LogP contribution in [0.3, 0.4) is 0 Å². The quantitative estimate of drug-likeness (QED) is 0.291. The third kappa shape index (κ3) is 1.89. The Balaban J connectivity index is 2.30. The van der Waals surface area contributed by atoms with Gasteiger partial charge in [-0.15, -0.1) is 0 Å². The van der Waals surface area contributed by atoms with Crippen molar-refractivity contribution in [2.75, 3.05) is 0 Å². The van der Waals surface area contributed by atoms with Gasteiger partial charge in [0.2, 0.25) is 0 Å². The van der Waals surface area contributed by atoms with Crippen molar-refractivity contribution < 1.29 is 4.79 Å². The largest absolute Gasteiger partial charge is 0.310 e. The zero-order valence-corrected chi connectivity index (χ0v) is 3.81. The van der Waals surface area contributed by atoms with Crippen LogP contribution in [0.5, 0.6) is 0 Å². The number of hydrogen-bond donors (Lipinski definition) is 0.